The van der Waals surface area contributed by atoms with Gasteiger partial charge in [0.15, 0.2) is 0 Å². The van der Waals surface area contributed by atoms with E-state index in [4.69, 9.17) is 4.74 Å². The maximum absolute atomic E-state index is 12.1. The van der Waals surface area contributed by atoms with Gasteiger partial charge in [-0.3, -0.25) is 14.7 Å². The smallest absolute Gasteiger partial charge is 0.220 e. The number of piperazine rings is 1. The number of benzene rings is 1. The van der Waals surface area contributed by atoms with Crippen molar-refractivity contribution in [3.8, 4) is 5.75 Å². The molecule has 2 heterocycles. The molecule has 1 fully saturated rings. The predicted octanol–water partition coefficient (Wildman–Crippen LogP) is 2.80. The summed E-state index contributed by atoms with van der Waals surface area (Å²) in [5.74, 6) is 0.953. The molecule has 0 saturated carbocycles. The van der Waals surface area contributed by atoms with Crippen LogP contribution in [-0.4, -0.2) is 47.4 Å². The average Bonchev–Trinajstić information content (AvgIpc) is 2.63. The van der Waals surface area contributed by atoms with E-state index in [1.807, 2.05) is 36.2 Å². The monoisotopic (exact) mass is 339 g/mol. The number of amides is 1. The number of hydrogen-bond acceptors (Lipinski definition) is 4. The van der Waals surface area contributed by atoms with E-state index < -0.39 is 0 Å². The second-order valence-corrected chi connectivity index (χ2v) is 6.54. The van der Waals surface area contributed by atoms with Gasteiger partial charge in [0.25, 0.3) is 0 Å². The van der Waals surface area contributed by atoms with Crippen LogP contribution in [0.15, 0.2) is 42.6 Å². The quantitative estimate of drug-likeness (QED) is 0.859. The van der Waals surface area contributed by atoms with Crippen LogP contribution in [0.3, 0.4) is 0 Å². The summed E-state index contributed by atoms with van der Waals surface area (Å²) in [5, 5.41) is 0. The van der Waals surface area contributed by atoms with Crippen molar-refractivity contribution in [3.05, 3.63) is 59.4 Å². The zero-order valence-corrected chi connectivity index (χ0v) is 15.1. The summed E-state index contributed by atoms with van der Waals surface area (Å²) in [6.45, 7) is 6.93. The summed E-state index contributed by atoms with van der Waals surface area (Å²) in [4.78, 5) is 20.8. The summed E-state index contributed by atoms with van der Waals surface area (Å²) >= 11 is 0. The number of hydrogen-bond donors (Lipinski definition) is 0. The highest BCUT2D eigenvalue weighted by Crippen LogP contribution is 2.28. The third-order valence-electron chi connectivity index (χ3n) is 4.75. The normalized spacial score (nSPS) is 18.2. The molecule has 25 heavy (non-hydrogen) atoms. The summed E-state index contributed by atoms with van der Waals surface area (Å²) in [5.41, 5.74) is 3.37. The van der Waals surface area contributed by atoms with Gasteiger partial charge in [-0.05, 0) is 36.2 Å². The third-order valence-corrected chi connectivity index (χ3v) is 4.75. The van der Waals surface area contributed by atoms with Crippen LogP contribution in [0.2, 0.25) is 0 Å². The first-order valence-electron chi connectivity index (χ1n) is 8.62. The Morgan fingerprint density at radius 1 is 1.20 bits per heavy atom. The molecule has 1 aromatic carbocycles. The van der Waals surface area contributed by atoms with Crippen LogP contribution in [0.25, 0.3) is 0 Å². The fourth-order valence-corrected chi connectivity index (χ4v) is 3.32. The summed E-state index contributed by atoms with van der Waals surface area (Å²) in [6.07, 6.45) is 1.94. The number of carbonyl (C=O) groups excluding carboxylic acids is 1. The lowest BCUT2D eigenvalue weighted by atomic mass is 10.0. The second kappa shape index (κ2) is 7.66. The highest BCUT2D eigenvalue weighted by Gasteiger charge is 2.29. The van der Waals surface area contributed by atoms with Gasteiger partial charge >= 0.3 is 0 Å². The van der Waals surface area contributed by atoms with Crippen LogP contribution in [0.5, 0.6) is 5.75 Å². The Labute approximate surface area is 149 Å². The van der Waals surface area contributed by atoms with E-state index in [1.165, 1.54) is 5.56 Å². The van der Waals surface area contributed by atoms with E-state index in [-0.39, 0.29) is 11.9 Å². The van der Waals surface area contributed by atoms with Crippen molar-refractivity contribution >= 4 is 5.91 Å². The van der Waals surface area contributed by atoms with Gasteiger partial charge in [-0.1, -0.05) is 18.2 Å². The zero-order chi connectivity index (χ0) is 17.8. The van der Waals surface area contributed by atoms with Crippen molar-refractivity contribution in [2.45, 2.75) is 26.4 Å². The van der Waals surface area contributed by atoms with Crippen LogP contribution < -0.4 is 4.74 Å². The summed E-state index contributed by atoms with van der Waals surface area (Å²) in [6, 6.07) is 12.2. The highest BCUT2D eigenvalue weighted by atomic mass is 16.5. The first kappa shape index (κ1) is 17.4. The molecular formula is C20H25N3O2. The fourth-order valence-electron chi connectivity index (χ4n) is 3.32. The highest BCUT2D eigenvalue weighted by molar-refractivity contribution is 5.74. The van der Waals surface area contributed by atoms with Crippen LogP contribution in [-0.2, 0) is 11.3 Å². The molecule has 0 bridgehead atoms. The number of ether oxygens (including phenoxy) is 1. The number of pyridine rings is 1. The Balaban J connectivity index is 1.76. The topological polar surface area (TPSA) is 45.7 Å². The number of aryl methyl sites for hydroxylation is 1. The molecule has 1 saturated heterocycles. The van der Waals surface area contributed by atoms with Crippen LogP contribution in [0.4, 0.5) is 0 Å². The Kier molecular flexibility index (Phi) is 5.34. The molecule has 5 nitrogen and oxygen atoms in total. The van der Waals surface area contributed by atoms with E-state index in [9.17, 15) is 4.79 Å². The molecule has 132 valence electrons. The minimum Gasteiger partial charge on any atom is -0.497 e. The van der Waals surface area contributed by atoms with Gasteiger partial charge < -0.3 is 9.64 Å². The predicted molar refractivity (Wildman–Crippen MR) is 97.4 cm³/mol. The second-order valence-electron chi connectivity index (χ2n) is 6.54. The molecule has 3 rings (SSSR count). The minimum atomic E-state index is 0.0653. The van der Waals surface area contributed by atoms with Crippen molar-refractivity contribution in [3.63, 3.8) is 0 Å². The molecule has 5 heteroatoms. The third kappa shape index (κ3) is 4.17. The van der Waals surface area contributed by atoms with Gasteiger partial charge in [0.1, 0.15) is 5.75 Å². The molecule has 2 aromatic rings. The van der Waals surface area contributed by atoms with Crippen LogP contribution in [0.1, 0.15) is 29.8 Å². The zero-order valence-electron chi connectivity index (χ0n) is 15.1. The Morgan fingerprint density at radius 3 is 2.56 bits per heavy atom. The first-order valence-corrected chi connectivity index (χ1v) is 8.62. The Morgan fingerprint density at radius 2 is 1.96 bits per heavy atom. The van der Waals surface area contributed by atoms with Gasteiger partial charge in [-0.2, -0.15) is 0 Å². The number of methoxy groups -OCH3 is 1. The molecule has 1 atom stereocenters. The largest absolute Gasteiger partial charge is 0.497 e. The number of nitrogens with zero attached hydrogens (tertiary/aromatic N) is 3. The van der Waals surface area contributed by atoms with E-state index in [1.54, 1.807) is 14.0 Å². The molecule has 0 spiro atoms. The van der Waals surface area contributed by atoms with Crippen LogP contribution in [0, 0.1) is 6.92 Å². The molecule has 1 amide bonds. The Hall–Kier alpha value is -2.40. The molecule has 0 N–H and O–H groups in total. The Bertz CT molecular complexity index is 713. The minimum absolute atomic E-state index is 0.0653. The number of aromatic nitrogens is 1. The lowest BCUT2D eigenvalue weighted by molar-refractivity contribution is -0.134. The van der Waals surface area contributed by atoms with Crippen molar-refractivity contribution in [1.82, 2.24) is 14.8 Å². The van der Waals surface area contributed by atoms with Gasteiger partial charge in [0.2, 0.25) is 5.91 Å². The molecule has 1 aromatic heterocycles. The standard InChI is InChI=1S/C20H25N3O2/c1-15-4-5-17(12-21-15)13-22-10-11-23(16(2)24)20(14-22)18-6-8-19(25-3)9-7-18/h4-9,12,20H,10-11,13-14H2,1-3H3/t20-/m0/s1. The molecule has 0 unspecified atom stereocenters. The van der Waals surface area contributed by atoms with Gasteiger partial charge in [-0.15, -0.1) is 0 Å². The average molecular weight is 339 g/mol. The van der Waals surface area contributed by atoms with Crippen molar-refractivity contribution in [2.75, 3.05) is 26.7 Å². The van der Waals surface area contributed by atoms with Crippen molar-refractivity contribution in [2.24, 2.45) is 0 Å². The molecule has 0 radical (unpaired) electrons. The van der Waals surface area contributed by atoms with E-state index >= 15 is 0 Å². The van der Waals surface area contributed by atoms with E-state index in [2.05, 4.69) is 28.1 Å². The lowest BCUT2D eigenvalue weighted by Gasteiger charge is -2.41. The summed E-state index contributed by atoms with van der Waals surface area (Å²) in [7, 11) is 1.66. The lowest BCUT2D eigenvalue weighted by Crippen LogP contribution is -2.49. The number of carbonyl (C=O) groups is 1. The van der Waals surface area contributed by atoms with Gasteiger partial charge in [0.05, 0.1) is 13.2 Å². The van der Waals surface area contributed by atoms with Gasteiger partial charge in [-0.25, -0.2) is 0 Å². The molecule has 1 aliphatic rings. The maximum Gasteiger partial charge on any atom is 0.220 e. The van der Waals surface area contributed by atoms with Crippen LogP contribution >= 0.6 is 0 Å². The van der Waals surface area contributed by atoms with Gasteiger partial charge in [0, 0.05) is 45.0 Å². The first-order chi connectivity index (χ1) is 12.1. The SMILES string of the molecule is COc1ccc([C@@H]2CN(Cc3ccc(C)nc3)CCN2C(C)=O)cc1. The van der Waals surface area contributed by atoms with E-state index in [0.717, 1.165) is 43.2 Å². The number of rotatable bonds is 4. The molecule has 1 aliphatic heterocycles. The summed E-state index contributed by atoms with van der Waals surface area (Å²) < 4.78 is 5.24. The van der Waals surface area contributed by atoms with Crippen molar-refractivity contribution in [1.29, 1.82) is 0 Å². The molecule has 0 aliphatic carbocycles. The van der Waals surface area contributed by atoms with Crippen molar-refractivity contribution < 1.29 is 9.53 Å². The maximum atomic E-state index is 12.1. The fraction of sp³-hybridized carbons (Fsp3) is 0.400. The van der Waals surface area contributed by atoms with E-state index in [0.29, 0.717) is 0 Å². The molecular weight excluding hydrogens is 314 g/mol.